The van der Waals surface area contributed by atoms with Crippen LogP contribution in [-0.2, 0) is 4.74 Å². The first-order chi connectivity index (χ1) is 14.5. The van der Waals surface area contributed by atoms with E-state index in [1.54, 1.807) is 0 Å². The molecule has 1 heterocycles. The molecule has 3 rings (SSSR count). The van der Waals surface area contributed by atoms with E-state index in [1.807, 2.05) is 37.4 Å². The van der Waals surface area contributed by atoms with E-state index in [9.17, 15) is 4.79 Å². The van der Waals surface area contributed by atoms with Crippen molar-refractivity contribution >= 4 is 30.1 Å². The van der Waals surface area contributed by atoms with Crippen molar-refractivity contribution in [3.05, 3.63) is 95.7 Å². The molecule has 0 bridgehead atoms. The summed E-state index contributed by atoms with van der Waals surface area (Å²) in [5.74, 6) is -0.283. The molecule has 0 amide bonds. The van der Waals surface area contributed by atoms with Crippen LogP contribution < -0.4 is 5.32 Å². The summed E-state index contributed by atoms with van der Waals surface area (Å²) in [6.07, 6.45) is 2.79. The Balaban J connectivity index is 2.20. The van der Waals surface area contributed by atoms with E-state index in [4.69, 9.17) is 9.72 Å². The van der Waals surface area contributed by atoms with E-state index >= 15 is 0 Å². The molecule has 0 atom stereocenters. The van der Waals surface area contributed by atoms with E-state index in [0.29, 0.717) is 12.2 Å². The fourth-order valence-corrected chi connectivity index (χ4v) is 7.06. The lowest BCUT2D eigenvalue weighted by molar-refractivity contribution is 0.0526. The van der Waals surface area contributed by atoms with Crippen molar-refractivity contribution in [2.24, 2.45) is 0 Å². The van der Waals surface area contributed by atoms with E-state index in [1.165, 1.54) is 16.3 Å². The molecule has 0 spiro atoms. The number of hydrogen-bond acceptors (Lipinski definition) is 3. The van der Waals surface area contributed by atoms with Gasteiger partial charge in [-0.25, -0.2) is 4.79 Å². The van der Waals surface area contributed by atoms with Crippen molar-refractivity contribution in [2.75, 3.05) is 6.61 Å². The predicted molar refractivity (Wildman–Crippen MR) is 127 cm³/mol. The second-order valence-electron chi connectivity index (χ2n) is 7.71. The highest BCUT2D eigenvalue weighted by Gasteiger charge is 2.33. The lowest BCUT2D eigenvalue weighted by atomic mass is 9.99. The molecule has 0 aliphatic carbocycles. The highest BCUT2D eigenvalue weighted by molar-refractivity contribution is 7.05. The van der Waals surface area contributed by atoms with E-state index in [-0.39, 0.29) is 5.97 Å². The van der Waals surface area contributed by atoms with E-state index < -0.39 is 8.07 Å². The summed E-state index contributed by atoms with van der Waals surface area (Å²) in [5, 5.41) is 2.50. The largest absolute Gasteiger partial charge is 0.462 e. The highest BCUT2D eigenvalue weighted by atomic mass is 28.3. The molecule has 0 N–H and O–H groups in total. The lowest BCUT2D eigenvalue weighted by Gasteiger charge is -2.29. The maximum atomic E-state index is 12.1. The number of nitrogens with zero attached hydrogens (tertiary/aromatic N) is 1. The third-order valence-electron chi connectivity index (χ3n) is 5.39. The molecule has 1 aromatic heterocycles. The Morgan fingerprint density at radius 1 is 0.833 bits per heavy atom. The van der Waals surface area contributed by atoms with Gasteiger partial charge < -0.3 is 4.74 Å². The fraction of sp³-hybridized carbons (Fsp3) is 0.231. The first-order valence-corrected chi connectivity index (χ1v) is 13.5. The van der Waals surface area contributed by atoms with Crippen molar-refractivity contribution in [3.63, 3.8) is 0 Å². The highest BCUT2D eigenvalue weighted by Crippen LogP contribution is 2.35. The molecular formula is C26H29NO2Si. The van der Waals surface area contributed by atoms with E-state index in [0.717, 1.165) is 17.3 Å². The molecule has 0 unspecified atom stereocenters. The van der Waals surface area contributed by atoms with Gasteiger partial charge in [-0.1, -0.05) is 68.5 Å². The monoisotopic (exact) mass is 415 g/mol. The minimum Gasteiger partial charge on any atom is -0.462 e. The Labute approximate surface area is 180 Å². The second kappa shape index (κ2) is 9.68. The van der Waals surface area contributed by atoms with Gasteiger partial charge in [0.2, 0.25) is 0 Å². The summed E-state index contributed by atoms with van der Waals surface area (Å²) >= 11 is 0. The van der Waals surface area contributed by atoms with Crippen LogP contribution in [-0.4, -0.2) is 25.6 Å². The predicted octanol–water partition coefficient (Wildman–Crippen LogP) is 5.73. The van der Waals surface area contributed by atoms with Gasteiger partial charge in [-0.15, -0.1) is 0 Å². The Morgan fingerprint density at radius 3 is 2.03 bits per heavy atom. The molecule has 0 radical (unpaired) electrons. The van der Waals surface area contributed by atoms with Gasteiger partial charge in [0.05, 0.1) is 12.2 Å². The Kier molecular flexibility index (Phi) is 7.01. The zero-order valence-electron chi connectivity index (χ0n) is 18.2. The van der Waals surface area contributed by atoms with Gasteiger partial charge >= 0.3 is 5.97 Å². The fourth-order valence-electron chi connectivity index (χ4n) is 3.92. The molecule has 30 heavy (non-hydrogen) atoms. The van der Waals surface area contributed by atoms with Crippen molar-refractivity contribution in [3.8, 4) is 0 Å². The summed E-state index contributed by atoms with van der Waals surface area (Å²) in [4.78, 5) is 16.9. The molecule has 3 nitrogen and oxygen atoms in total. The normalized spacial score (nSPS) is 12.3. The number of carbonyl (C=O) groups is 1. The van der Waals surface area contributed by atoms with Crippen LogP contribution in [0.2, 0.25) is 13.1 Å². The van der Waals surface area contributed by atoms with Gasteiger partial charge in [0.15, 0.2) is 0 Å². The number of benzene rings is 2. The first-order valence-electron chi connectivity index (χ1n) is 10.5. The summed E-state index contributed by atoms with van der Waals surface area (Å²) in [6.45, 7) is 9.10. The van der Waals surface area contributed by atoms with Crippen LogP contribution in [0.15, 0.2) is 79.0 Å². The topological polar surface area (TPSA) is 39.2 Å². The number of aromatic nitrogens is 1. The van der Waals surface area contributed by atoms with Crippen LogP contribution in [0.3, 0.4) is 0 Å². The van der Waals surface area contributed by atoms with Crippen LogP contribution in [0.25, 0.3) is 10.8 Å². The average Bonchev–Trinajstić information content (AvgIpc) is 2.78. The average molecular weight is 416 g/mol. The number of esters is 1. The molecule has 0 saturated heterocycles. The zero-order valence-corrected chi connectivity index (χ0v) is 19.2. The molecule has 0 saturated carbocycles. The quantitative estimate of drug-likeness (QED) is 0.281. The minimum atomic E-state index is -2.12. The Morgan fingerprint density at radius 2 is 1.47 bits per heavy atom. The summed E-state index contributed by atoms with van der Waals surface area (Å²) in [7, 11) is -2.12. The van der Waals surface area contributed by atoms with Gasteiger partial charge in [-0.2, -0.15) is 0 Å². The number of hydrogen-bond donors (Lipinski definition) is 0. The second-order valence-corrected chi connectivity index (χ2v) is 12.0. The van der Waals surface area contributed by atoms with Crippen LogP contribution in [0.4, 0.5) is 0 Å². The lowest BCUT2D eigenvalue weighted by Crippen LogP contribution is -2.45. The molecule has 3 aromatic rings. The van der Waals surface area contributed by atoms with Crippen molar-refractivity contribution in [1.82, 2.24) is 4.98 Å². The molecule has 0 aliphatic rings. The maximum absolute atomic E-state index is 12.1. The Bertz CT molecular complexity index is 1010. The van der Waals surface area contributed by atoms with Crippen molar-refractivity contribution in [2.45, 2.75) is 33.4 Å². The Hall–Kier alpha value is -2.98. The smallest absolute Gasteiger partial charge is 0.338 e. The van der Waals surface area contributed by atoms with Gasteiger partial charge in [0.1, 0.15) is 8.07 Å². The molecular weight excluding hydrogens is 386 g/mol. The molecule has 154 valence electrons. The minimum absolute atomic E-state index is 0.283. The number of pyridine rings is 1. The summed E-state index contributed by atoms with van der Waals surface area (Å²) in [6, 6.07) is 24.6. The molecule has 0 aliphatic heterocycles. The molecule has 0 fully saturated rings. The number of rotatable bonds is 7. The van der Waals surface area contributed by atoms with Crippen molar-refractivity contribution < 1.29 is 9.53 Å². The van der Waals surface area contributed by atoms with Gasteiger partial charge in [0.25, 0.3) is 0 Å². The van der Waals surface area contributed by atoms with Gasteiger partial charge in [-0.05, 0) is 59.5 Å². The third-order valence-corrected chi connectivity index (χ3v) is 8.81. The van der Waals surface area contributed by atoms with Gasteiger partial charge in [-0.3, -0.25) is 4.98 Å². The summed E-state index contributed by atoms with van der Waals surface area (Å²) in [5.41, 5.74) is 4.30. The van der Waals surface area contributed by atoms with Crippen molar-refractivity contribution in [1.29, 1.82) is 0 Å². The molecule has 2 aromatic carbocycles. The zero-order chi connectivity index (χ0) is 21.6. The number of allylic oxidation sites excluding steroid dienone is 1. The molecule has 4 heteroatoms. The van der Waals surface area contributed by atoms with Crippen LogP contribution in [0, 0.1) is 0 Å². The van der Waals surface area contributed by atoms with Crippen LogP contribution in [0.5, 0.6) is 0 Å². The van der Waals surface area contributed by atoms with Crippen LogP contribution >= 0.6 is 0 Å². The number of carbonyl (C=O) groups excluding carboxylic acids is 1. The third kappa shape index (κ3) is 4.60. The van der Waals surface area contributed by atoms with Crippen LogP contribution in [0.1, 0.15) is 41.8 Å². The van der Waals surface area contributed by atoms with E-state index in [2.05, 4.69) is 68.5 Å². The SMILES string of the molecule is CCOC(=O)c1ccc(/C(=C(/CC)c2ccccc2)[Si](C)(C)c2ccccn2)cc1. The summed E-state index contributed by atoms with van der Waals surface area (Å²) < 4.78 is 5.15. The van der Waals surface area contributed by atoms with Gasteiger partial charge in [0, 0.05) is 11.5 Å². The first kappa shape index (κ1) is 21.7. The maximum Gasteiger partial charge on any atom is 0.338 e. The standard InChI is InChI=1S/C26H29NO2Si/c1-5-23(20-12-8-7-9-13-20)25(30(3,4)24-14-10-11-19-27-24)21-15-17-22(18-16-21)26(28)29-6-2/h7-19H,5-6H2,1-4H3/b25-23+. The number of ether oxygens (including phenoxy) is 1.